The lowest BCUT2D eigenvalue weighted by atomic mass is 9.77. The first-order valence-corrected chi connectivity index (χ1v) is 6.60. The molecule has 2 atom stereocenters. The highest BCUT2D eigenvalue weighted by molar-refractivity contribution is 5.34. The van der Waals surface area contributed by atoms with Crippen molar-refractivity contribution in [2.24, 2.45) is 5.92 Å². The Bertz CT molecular complexity index is 466. The first-order valence-electron chi connectivity index (χ1n) is 6.60. The van der Waals surface area contributed by atoms with Crippen molar-refractivity contribution in [2.75, 3.05) is 11.9 Å². The number of hydrogen-bond donors (Lipinski definition) is 2. The number of aryl methyl sites for hydroxylation is 1. The molecule has 0 saturated heterocycles. The fourth-order valence-electron chi connectivity index (χ4n) is 2.59. The molecule has 1 aromatic rings. The van der Waals surface area contributed by atoms with Gasteiger partial charge in [0.25, 0.3) is 0 Å². The van der Waals surface area contributed by atoms with E-state index in [1.807, 2.05) is 0 Å². The van der Waals surface area contributed by atoms with Crippen LogP contribution in [-0.4, -0.2) is 33.4 Å². The van der Waals surface area contributed by atoms with Gasteiger partial charge in [0.05, 0.1) is 11.5 Å². The van der Waals surface area contributed by atoms with Gasteiger partial charge in [-0.05, 0) is 32.6 Å². The Labute approximate surface area is 115 Å². The van der Waals surface area contributed by atoms with Crippen molar-refractivity contribution in [1.82, 2.24) is 9.97 Å². The number of hydrogen-bond acceptors (Lipinski definition) is 4. The zero-order valence-corrected chi connectivity index (χ0v) is 11.2. The number of alkyl halides is 3. The maximum atomic E-state index is 12.7. The normalized spacial score (nSPS) is 27.4. The van der Waals surface area contributed by atoms with E-state index < -0.39 is 17.7 Å². The molecule has 0 bridgehead atoms. The highest BCUT2D eigenvalue weighted by Gasteiger charge is 2.46. The van der Waals surface area contributed by atoms with Crippen molar-refractivity contribution in [2.45, 2.75) is 44.4 Å². The zero-order chi connectivity index (χ0) is 14.8. The van der Waals surface area contributed by atoms with E-state index in [9.17, 15) is 18.3 Å². The SMILES string of the molecule is Cc1cc(NCC2(O)CCCC(C(F)(F)F)C2)ncn1. The van der Waals surface area contributed by atoms with Gasteiger partial charge in [0, 0.05) is 18.3 Å². The average Bonchev–Trinajstić information content (AvgIpc) is 2.36. The molecule has 1 aliphatic carbocycles. The molecule has 4 nitrogen and oxygen atoms in total. The van der Waals surface area contributed by atoms with Crippen LogP contribution >= 0.6 is 0 Å². The summed E-state index contributed by atoms with van der Waals surface area (Å²) in [5.41, 5.74) is -0.580. The number of nitrogens with one attached hydrogen (secondary N) is 1. The number of aromatic nitrogens is 2. The van der Waals surface area contributed by atoms with Crippen molar-refractivity contribution in [3.8, 4) is 0 Å². The second-order valence-electron chi connectivity index (χ2n) is 5.46. The van der Waals surface area contributed by atoms with Crippen LogP contribution in [0.5, 0.6) is 0 Å². The number of aliphatic hydroxyl groups is 1. The van der Waals surface area contributed by atoms with Gasteiger partial charge in [0.1, 0.15) is 12.1 Å². The Morgan fingerprint density at radius 3 is 2.85 bits per heavy atom. The van der Waals surface area contributed by atoms with Crippen LogP contribution in [0.2, 0.25) is 0 Å². The monoisotopic (exact) mass is 289 g/mol. The number of halogens is 3. The molecule has 0 spiro atoms. The first-order chi connectivity index (χ1) is 9.28. The van der Waals surface area contributed by atoms with Crippen LogP contribution < -0.4 is 5.32 Å². The largest absolute Gasteiger partial charge is 0.391 e. The average molecular weight is 289 g/mol. The van der Waals surface area contributed by atoms with Gasteiger partial charge >= 0.3 is 6.18 Å². The summed E-state index contributed by atoms with van der Waals surface area (Å²) in [6.07, 6.45) is -2.27. The molecule has 1 aromatic heterocycles. The third-order valence-corrected chi connectivity index (χ3v) is 3.69. The molecule has 0 aliphatic heterocycles. The minimum Gasteiger partial charge on any atom is -0.388 e. The summed E-state index contributed by atoms with van der Waals surface area (Å²) in [4.78, 5) is 7.90. The lowest BCUT2D eigenvalue weighted by Crippen LogP contribution is -2.45. The minimum absolute atomic E-state index is 0.0655. The lowest BCUT2D eigenvalue weighted by Gasteiger charge is -2.37. The van der Waals surface area contributed by atoms with Crippen molar-refractivity contribution in [1.29, 1.82) is 0 Å². The lowest BCUT2D eigenvalue weighted by molar-refractivity contribution is -0.199. The Kier molecular flexibility index (Phi) is 4.17. The van der Waals surface area contributed by atoms with Crippen molar-refractivity contribution < 1.29 is 18.3 Å². The Balaban J connectivity index is 1.97. The van der Waals surface area contributed by atoms with Crippen LogP contribution in [0.3, 0.4) is 0 Å². The standard InChI is InChI=1S/C13H18F3N3O/c1-9-5-11(19-8-18-9)17-7-12(20)4-2-3-10(6-12)13(14,15)16/h5,8,10,20H,2-4,6-7H2,1H3,(H,17,18,19). The molecule has 7 heteroatoms. The summed E-state index contributed by atoms with van der Waals surface area (Å²) >= 11 is 0. The van der Waals surface area contributed by atoms with E-state index >= 15 is 0 Å². The molecular weight excluding hydrogens is 271 g/mol. The molecule has 1 saturated carbocycles. The zero-order valence-electron chi connectivity index (χ0n) is 11.2. The minimum atomic E-state index is -4.24. The van der Waals surface area contributed by atoms with Gasteiger partial charge in [-0.25, -0.2) is 9.97 Å². The van der Waals surface area contributed by atoms with Crippen LogP contribution in [-0.2, 0) is 0 Å². The molecule has 1 heterocycles. The molecule has 20 heavy (non-hydrogen) atoms. The van der Waals surface area contributed by atoms with E-state index in [4.69, 9.17) is 0 Å². The van der Waals surface area contributed by atoms with Gasteiger partial charge in [0.2, 0.25) is 0 Å². The number of anilines is 1. The molecule has 1 aliphatic rings. The maximum Gasteiger partial charge on any atom is 0.391 e. The van der Waals surface area contributed by atoms with Crippen molar-refractivity contribution in [3.05, 3.63) is 18.1 Å². The van der Waals surface area contributed by atoms with Crippen LogP contribution in [0.15, 0.2) is 12.4 Å². The topological polar surface area (TPSA) is 58.0 Å². The van der Waals surface area contributed by atoms with E-state index in [-0.39, 0.29) is 19.4 Å². The molecule has 1 fully saturated rings. The number of rotatable bonds is 3. The van der Waals surface area contributed by atoms with Gasteiger partial charge in [0.15, 0.2) is 0 Å². The highest BCUT2D eigenvalue weighted by Crippen LogP contribution is 2.41. The van der Waals surface area contributed by atoms with E-state index in [0.717, 1.165) is 5.69 Å². The summed E-state index contributed by atoms with van der Waals surface area (Å²) in [5, 5.41) is 13.2. The molecule has 0 radical (unpaired) electrons. The molecule has 0 amide bonds. The fourth-order valence-corrected chi connectivity index (χ4v) is 2.59. The second-order valence-corrected chi connectivity index (χ2v) is 5.46. The molecule has 0 aromatic carbocycles. The third kappa shape index (κ3) is 3.82. The molecule has 2 rings (SSSR count). The molecular formula is C13H18F3N3O. The summed E-state index contributed by atoms with van der Waals surface area (Å²) in [6.45, 7) is 1.86. The van der Waals surface area contributed by atoms with E-state index in [1.54, 1.807) is 13.0 Å². The van der Waals surface area contributed by atoms with Gasteiger partial charge in [-0.2, -0.15) is 13.2 Å². The van der Waals surface area contributed by atoms with Crippen LogP contribution in [0.4, 0.5) is 19.0 Å². The van der Waals surface area contributed by atoms with Crippen molar-refractivity contribution >= 4 is 5.82 Å². The molecule has 2 unspecified atom stereocenters. The summed E-state index contributed by atoms with van der Waals surface area (Å²) in [7, 11) is 0. The Morgan fingerprint density at radius 1 is 1.45 bits per heavy atom. The van der Waals surface area contributed by atoms with E-state index in [1.165, 1.54) is 6.33 Å². The summed E-state index contributed by atoms with van der Waals surface area (Å²) in [6, 6.07) is 1.69. The Hall–Kier alpha value is -1.37. The van der Waals surface area contributed by atoms with Gasteiger partial charge in [-0.3, -0.25) is 0 Å². The van der Waals surface area contributed by atoms with Gasteiger partial charge in [-0.15, -0.1) is 0 Å². The van der Waals surface area contributed by atoms with Crippen LogP contribution in [0, 0.1) is 12.8 Å². The number of nitrogens with zero attached hydrogens (tertiary/aromatic N) is 2. The highest BCUT2D eigenvalue weighted by atomic mass is 19.4. The van der Waals surface area contributed by atoms with Crippen LogP contribution in [0.25, 0.3) is 0 Å². The predicted octanol–water partition coefficient (Wildman–Crippen LogP) is 2.68. The van der Waals surface area contributed by atoms with E-state index in [2.05, 4.69) is 15.3 Å². The van der Waals surface area contributed by atoms with Crippen LogP contribution in [0.1, 0.15) is 31.4 Å². The molecule has 2 N–H and O–H groups in total. The molecule has 112 valence electrons. The summed E-state index contributed by atoms with van der Waals surface area (Å²) < 4.78 is 38.2. The smallest absolute Gasteiger partial charge is 0.388 e. The predicted molar refractivity (Wildman–Crippen MR) is 68.2 cm³/mol. The quantitative estimate of drug-likeness (QED) is 0.898. The second kappa shape index (κ2) is 5.55. The first kappa shape index (κ1) is 15.0. The maximum absolute atomic E-state index is 12.7. The summed E-state index contributed by atoms with van der Waals surface area (Å²) in [5.74, 6) is -0.907. The third-order valence-electron chi connectivity index (χ3n) is 3.69. The van der Waals surface area contributed by atoms with E-state index in [0.29, 0.717) is 18.7 Å². The fraction of sp³-hybridized carbons (Fsp3) is 0.692. The van der Waals surface area contributed by atoms with Gasteiger partial charge in [-0.1, -0.05) is 0 Å². The Morgan fingerprint density at radius 2 is 2.20 bits per heavy atom. The van der Waals surface area contributed by atoms with Gasteiger partial charge < -0.3 is 10.4 Å². The van der Waals surface area contributed by atoms with Crippen molar-refractivity contribution in [3.63, 3.8) is 0 Å².